The van der Waals surface area contributed by atoms with Crippen LogP contribution in [0.4, 0.5) is 0 Å². The Hall–Kier alpha value is -7.54. The molecule has 0 N–H and O–H groups in total. The number of hydrogen-bond donors (Lipinski definition) is 0. The molecule has 0 nitrogen and oxygen atoms in total. The highest BCUT2D eigenvalue weighted by Gasteiger charge is 2.53. The molecular formula is C63H44. The fourth-order valence-electron chi connectivity index (χ4n) is 12.4. The lowest BCUT2D eigenvalue weighted by Crippen LogP contribution is -2.30. The summed E-state index contributed by atoms with van der Waals surface area (Å²) in [6.45, 7) is 4.48. The Kier molecular flexibility index (Phi) is 7.73. The number of benzene rings is 11. The van der Waals surface area contributed by atoms with E-state index in [1.165, 1.54) is 121 Å². The lowest BCUT2D eigenvalue weighted by Gasteiger charge is -2.36. The highest BCUT2D eigenvalue weighted by Crippen LogP contribution is 2.66. The zero-order valence-electron chi connectivity index (χ0n) is 35.5. The Morgan fingerprint density at radius 2 is 0.968 bits per heavy atom. The molecule has 0 bridgehead atoms. The molecule has 1 unspecified atom stereocenters. The second-order valence-electron chi connectivity index (χ2n) is 17.6. The van der Waals surface area contributed by atoms with Crippen LogP contribution in [0.15, 0.2) is 224 Å². The number of fused-ring (bicyclic) bond motifs is 12. The molecule has 0 spiro atoms. The minimum Gasteiger partial charge on any atom is -0.0845 e. The van der Waals surface area contributed by atoms with E-state index in [4.69, 9.17) is 0 Å². The molecule has 0 amide bonds. The molecule has 0 saturated carbocycles. The van der Waals surface area contributed by atoms with Gasteiger partial charge in [0, 0.05) is 0 Å². The monoisotopic (exact) mass is 800 g/mol. The lowest BCUT2D eigenvalue weighted by atomic mass is 9.64. The third-order valence-corrected chi connectivity index (χ3v) is 14.8. The summed E-state index contributed by atoms with van der Waals surface area (Å²) in [6.07, 6.45) is 8.11. The Balaban J connectivity index is 1.30. The lowest BCUT2D eigenvalue weighted by molar-refractivity contribution is 0.760. The van der Waals surface area contributed by atoms with Gasteiger partial charge >= 0.3 is 0 Å². The third-order valence-electron chi connectivity index (χ3n) is 14.8. The summed E-state index contributed by atoms with van der Waals surface area (Å²) in [7, 11) is 0. The van der Waals surface area contributed by atoms with Crippen molar-refractivity contribution in [2.24, 2.45) is 0 Å². The summed E-state index contributed by atoms with van der Waals surface area (Å²) in [5.41, 5.74) is 14.6. The van der Waals surface area contributed by atoms with E-state index in [9.17, 15) is 0 Å². The molecule has 11 aromatic carbocycles. The standard InChI is InChI=1S/C63H44/c1-3-5-22-43(4-2)63(46-27-13-8-14-28-46)55-38-52-54(39-53(55)60-49-31-17-15-29-47(49)48-30-16-18-32-50(48)61(60)63)62(44-23-9-6-10-24-44,45-25-11-7-12-26-45)56-37-42-34-33-40-20-19-21-41-35-36-51(59(52)56)58(42)57(40)41/h4-39H,3H2,1-2H3. The van der Waals surface area contributed by atoms with Crippen molar-refractivity contribution in [1.29, 1.82) is 0 Å². The van der Waals surface area contributed by atoms with Gasteiger partial charge < -0.3 is 0 Å². The van der Waals surface area contributed by atoms with Gasteiger partial charge in [0.2, 0.25) is 0 Å². The van der Waals surface area contributed by atoms with E-state index >= 15 is 0 Å². The molecule has 0 saturated heterocycles. The number of rotatable bonds is 6. The van der Waals surface area contributed by atoms with Gasteiger partial charge in [-0.3, -0.25) is 0 Å². The molecule has 296 valence electrons. The van der Waals surface area contributed by atoms with Gasteiger partial charge in [0.1, 0.15) is 0 Å². The van der Waals surface area contributed by atoms with E-state index < -0.39 is 10.8 Å². The molecule has 0 aromatic heterocycles. The summed E-state index contributed by atoms with van der Waals surface area (Å²) in [6, 6.07) is 76.4. The van der Waals surface area contributed by atoms with Gasteiger partial charge in [-0.25, -0.2) is 0 Å². The summed E-state index contributed by atoms with van der Waals surface area (Å²) in [4.78, 5) is 0. The summed E-state index contributed by atoms with van der Waals surface area (Å²) >= 11 is 0. The largest absolute Gasteiger partial charge is 0.0845 e. The summed E-state index contributed by atoms with van der Waals surface area (Å²) in [5, 5.41) is 13.0. The van der Waals surface area contributed by atoms with Crippen LogP contribution in [-0.2, 0) is 10.8 Å². The molecule has 0 heteroatoms. The molecule has 11 aromatic rings. The van der Waals surface area contributed by atoms with Crippen LogP contribution in [0.1, 0.15) is 59.2 Å². The van der Waals surface area contributed by atoms with E-state index in [0.29, 0.717) is 0 Å². The fourth-order valence-corrected chi connectivity index (χ4v) is 12.4. The van der Waals surface area contributed by atoms with Crippen LogP contribution in [0.3, 0.4) is 0 Å². The van der Waals surface area contributed by atoms with Crippen LogP contribution < -0.4 is 0 Å². The van der Waals surface area contributed by atoms with Gasteiger partial charge in [-0.1, -0.05) is 207 Å². The van der Waals surface area contributed by atoms with Crippen LogP contribution in [0.25, 0.3) is 76.1 Å². The Morgan fingerprint density at radius 3 is 1.62 bits per heavy atom. The molecule has 2 aliphatic carbocycles. The van der Waals surface area contributed by atoms with E-state index in [1.807, 2.05) is 0 Å². The molecule has 13 rings (SSSR count). The van der Waals surface area contributed by atoms with Crippen molar-refractivity contribution in [3.05, 3.63) is 263 Å². The zero-order valence-corrected chi connectivity index (χ0v) is 35.5. The highest BCUT2D eigenvalue weighted by molar-refractivity contribution is 6.27. The molecule has 1 atom stereocenters. The Morgan fingerprint density at radius 1 is 0.429 bits per heavy atom. The number of allylic oxidation sites excluding steroid dienone is 4. The maximum Gasteiger partial charge on any atom is 0.0716 e. The smallest absolute Gasteiger partial charge is 0.0716 e. The second-order valence-corrected chi connectivity index (χ2v) is 17.6. The fraction of sp³-hybridized carbons (Fsp3) is 0.0794. The van der Waals surface area contributed by atoms with E-state index in [1.54, 1.807) is 0 Å². The maximum atomic E-state index is 2.66. The Bertz CT molecular complexity index is 3650. The average molecular weight is 801 g/mol. The number of hydrogen-bond acceptors (Lipinski definition) is 0. The van der Waals surface area contributed by atoms with Crippen molar-refractivity contribution >= 4 is 53.9 Å². The van der Waals surface area contributed by atoms with Crippen molar-refractivity contribution in [3.8, 4) is 22.3 Å². The molecule has 0 radical (unpaired) electrons. The Labute approximate surface area is 368 Å². The predicted octanol–water partition coefficient (Wildman–Crippen LogP) is 16.5. The second kappa shape index (κ2) is 13.5. The van der Waals surface area contributed by atoms with Crippen LogP contribution >= 0.6 is 0 Å². The van der Waals surface area contributed by atoms with Crippen LogP contribution in [0.5, 0.6) is 0 Å². The van der Waals surface area contributed by atoms with Crippen molar-refractivity contribution in [1.82, 2.24) is 0 Å². The first kappa shape index (κ1) is 36.1. The van der Waals surface area contributed by atoms with Crippen molar-refractivity contribution in [2.75, 3.05) is 0 Å². The summed E-state index contributed by atoms with van der Waals surface area (Å²) in [5.74, 6) is 0. The summed E-state index contributed by atoms with van der Waals surface area (Å²) < 4.78 is 0. The molecule has 63 heavy (non-hydrogen) atoms. The first-order chi connectivity index (χ1) is 31.2. The third kappa shape index (κ3) is 4.60. The van der Waals surface area contributed by atoms with Gasteiger partial charge in [0.15, 0.2) is 0 Å². The topological polar surface area (TPSA) is 0 Å². The average Bonchev–Trinajstić information content (AvgIpc) is 3.81. The minimum absolute atomic E-state index is 0.594. The van der Waals surface area contributed by atoms with Gasteiger partial charge in [0.25, 0.3) is 0 Å². The molecule has 2 aliphatic rings. The van der Waals surface area contributed by atoms with Crippen molar-refractivity contribution in [3.63, 3.8) is 0 Å². The van der Waals surface area contributed by atoms with Gasteiger partial charge in [-0.05, 0) is 152 Å². The molecule has 0 heterocycles. The van der Waals surface area contributed by atoms with E-state index in [-0.39, 0.29) is 0 Å². The first-order valence-electron chi connectivity index (χ1n) is 22.5. The highest BCUT2D eigenvalue weighted by atomic mass is 14.5. The van der Waals surface area contributed by atoms with Crippen LogP contribution in [0.2, 0.25) is 0 Å². The van der Waals surface area contributed by atoms with E-state index in [0.717, 1.165) is 6.42 Å². The molecular weight excluding hydrogens is 757 g/mol. The first-order valence-corrected chi connectivity index (χ1v) is 22.5. The van der Waals surface area contributed by atoms with Gasteiger partial charge in [-0.2, -0.15) is 0 Å². The quantitative estimate of drug-likeness (QED) is 0.116. The minimum atomic E-state index is -0.611. The van der Waals surface area contributed by atoms with Crippen LogP contribution in [-0.4, -0.2) is 0 Å². The maximum absolute atomic E-state index is 2.66. The van der Waals surface area contributed by atoms with Gasteiger partial charge in [-0.15, -0.1) is 0 Å². The van der Waals surface area contributed by atoms with Gasteiger partial charge in [0.05, 0.1) is 10.8 Å². The van der Waals surface area contributed by atoms with Crippen LogP contribution in [0, 0.1) is 0 Å². The molecule has 0 aliphatic heterocycles. The van der Waals surface area contributed by atoms with Crippen molar-refractivity contribution < 1.29 is 0 Å². The zero-order chi connectivity index (χ0) is 41.9. The predicted molar refractivity (Wildman–Crippen MR) is 267 cm³/mol. The van der Waals surface area contributed by atoms with Crippen molar-refractivity contribution in [2.45, 2.75) is 31.1 Å². The SMILES string of the molecule is CC=C(C=CCC)C1(c2ccccc2)c2cc3c(cc2-c2c1c1ccccc1c1ccccc21)C(c1ccccc1)(c1ccccc1)c1cc2ccc4cccc5ccc(c1-3)c2c45. The molecule has 0 fully saturated rings. The van der Waals surface area contributed by atoms with E-state index in [2.05, 4.69) is 232 Å². The normalized spacial score (nSPS) is 16.4.